The van der Waals surface area contributed by atoms with Crippen molar-refractivity contribution >= 4 is 9.84 Å². The largest absolute Gasteiger partial charge is 0.489 e. The van der Waals surface area contributed by atoms with E-state index in [1.165, 1.54) is 0 Å². The zero-order valence-corrected chi connectivity index (χ0v) is 13.2. The molecule has 118 valence electrons. The number of sulfone groups is 1. The topological polar surface area (TPSA) is 84.9 Å². The van der Waals surface area contributed by atoms with E-state index in [1.807, 2.05) is 30.3 Å². The number of hydrogen-bond donors (Lipinski definition) is 1. The molecule has 0 amide bonds. The highest BCUT2D eigenvalue weighted by molar-refractivity contribution is 7.90. The summed E-state index contributed by atoms with van der Waals surface area (Å²) in [4.78, 5) is 3.98. The van der Waals surface area contributed by atoms with Crippen molar-refractivity contribution < 1.29 is 13.2 Å². The molecule has 3 aromatic rings. The number of nitrogens with zero attached hydrogens (tertiary/aromatic N) is 2. The minimum Gasteiger partial charge on any atom is -0.489 e. The van der Waals surface area contributed by atoms with E-state index in [1.54, 1.807) is 24.3 Å². The second kappa shape index (κ2) is 6.21. The summed E-state index contributed by atoms with van der Waals surface area (Å²) in [6.45, 7) is 0.485. The first kappa shape index (κ1) is 15.2. The van der Waals surface area contributed by atoms with Gasteiger partial charge in [0.2, 0.25) is 15.0 Å². The van der Waals surface area contributed by atoms with Crippen LogP contribution in [-0.4, -0.2) is 29.9 Å². The highest BCUT2D eigenvalue weighted by Crippen LogP contribution is 2.20. The predicted octanol–water partition coefficient (Wildman–Crippen LogP) is 2.45. The molecule has 0 atom stereocenters. The van der Waals surface area contributed by atoms with E-state index in [0.29, 0.717) is 18.0 Å². The van der Waals surface area contributed by atoms with Crippen LogP contribution in [0.15, 0.2) is 59.8 Å². The van der Waals surface area contributed by atoms with E-state index in [9.17, 15) is 8.42 Å². The number of hydrogen-bond acceptors (Lipinski definition) is 5. The first-order valence-electron chi connectivity index (χ1n) is 6.92. The van der Waals surface area contributed by atoms with Crippen LogP contribution in [0.2, 0.25) is 0 Å². The molecular formula is C16H15N3O3S. The van der Waals surface area contributed by atoms with Gasteiger partial charge >= 0.3 is 0 Å². The van der Waals surface area contributed by atoms with Gasteiger partial charge in [-0.3, -0.25) is 0 Å². The molecule has 0 bridgehead atoms. The molecule has 0 spiro atoms. The maximum Gasteiger partial charge on any atom is 0.243 e. The van der Waals surface area contributed by atoms with E-state index in [0.717, 1.165) is 17.6 Å². The number of aromatic amines is 1. The van der Waals surface area contributed by atoms with Crippen LogP contribution in [0.4, 0.5) is 0 Å². The molecule has 1 N–H and O–H groups in total. The second-order valence-electron chi connectivity index (χ2n) is 5.03. The van der Waals surface area contributed by atoms with E-state index in [4.69, 9.17) is 4.74 Å². The first-order chi connectivity index (χ1) is 11.0. The molecule has 1 aromatic heterocycles. The highest BCUT2D eigenvalue weighted by atomic mass is 32.2. The van der Waals surface area contributed by atoms with Crippen LogP contribution in [0.5, 0.6) is 5.75 Å². The molecular weight excluding hydrogens is 314 g/mol. The van der Waals surface area contributed by atoms with Crippen molar-refractivity contribution in [3.63, 3.8) is 0 Å². The SMILES string of the molecule is CS(=O)(=O)c1nc(-c2ccc(OCc3ccccc3)cc2)n[nH]1. The lowest BCUT2D eigenvalue weighted by atomic mass is 10.2. The molecule has 0 saturated heterocycles. The summed E-state index contributed by atoms with van der Waals surface area (Å²) < 4.78 is 28.5. The van der Waals surface area contributed by atoms with E-state index in [2.05, 4.69) is 15.2 Å². The van der Waals surface area contributed by atoms with Crippen molar-refractivity contribution in [3.05, 3.63) is 60.2 Å². The summed E-state index contributed by atoms with van der Waals surface area (Å²) >= 11 is 0. The van der Waals surface area contributed by atoms with Crippen LogP contribution in [0, 0.1) is 0 Å². The average molecular weight is 329 g/mol. The van der Waals surface area contributed by atoms with Gasteiger partial charge in [0.25, 0.3) is 0 Å². The van der Waals surface area contributed by atoms with Crippen molar-refractivity contribution in [1.82, 2.24) is 15.2 Å². The van der Waals surface area contributed by atoms with Gasteiger partial charge < -0.3 is 4.74 Å². The Bertz CT molecular complexity index is 888. The third-order valence-corrected chi connectivity index (χ3v) is 4.06. The summed E-state index contributed by atoms with van der Waals surface area (Å²) in [5, 5.41) is 6.20. The van der Waals surface area contributed by atoms with Crippen molar-refractivity contribution in [3.8, 4) is 17.1 Å². The molecule has 0 unspecified atom stereocenters. The zero-order valence-electron chi connectivity index (χ0n) is 12.4. The Morgan fingerprint density at radius 1 is 1.04 bits per heavy atom. The fourth-order valence-electron chi connectivity index (χ4n) is 1.98. The summed E-state index contributed by atoms with van der Waals surface area (Å²) in [7, 11) is -3.39. The van der Waals surface area contributed by atoms with E-state index < -0.39 is 9.84 Å². The van der Waals surface area contributed by atoms with Gasteiger partial charge in [-0.15, -0.1) is 0 Å². The number of benzene rings is 2. The maximum absolute atomic E-state index is 11.4. The Hall–Kier alpha value is -2.67. The molecule has 0 aliphatic carbocycles. The smallest absolute Gasteiger partial charge is 0.243 e. The molecule has 2 aromatic carbocycles. The monoisotopic (exact) mass is 329 g/mol. The maximum atomic E-state index is 11.4. The van der Waals surface area contributed by atoms with Gasteiger partial charge in [-0.2, -0.15) is 10.1 Å². The Kier molecular flexibility index (Phi) is 4.12. The Labute approximate surface area is 134 Å². The van der Waals surface area contributed by atoms with Crippen LogP contribution in [-0.2, 0) is 16.4 Å². The number of ether oxygens (including phenoxy) is 1. The van der Waals surface area contributed by atoms with Crippen LogP contribution in [0.3, 0.4) is 0 Å². The number of H-pyrrole nitrogens is 1. The zero-order chi connectivity index (χ0) is 16.3. The number of aromatic nitrogens is 3. The van der Waals surface area contributed by atoms with E-state index in [-0.39, 0.29) is 5.16 Å². The quantitative estimate of drug-likeness (QED) is 0.777. The lowest BCUT2D eigenvalue weighted by Gasteiger charge is -2.06. The molecule has 23 heavy (non-hydrogen) atoms. The number of nitrogens with one attached hydrogen (secondary N) is 1. The van der Waals surface area contributed by atoms with Gasteiger partial charge in [0, 0.05) is 11.8 Å². The van der Waals surface area contributed by atoms with Crippen LogP contribution in [0.25, 0.3) is 11.4 Å². The van der Waals surface area contributed by atoms with Crippen LogP contribution < -0.4 is 4.74 Å². The molecule has 0 aliphatic rings. The highest BCUT2D eigenvalue weighted by Gasteiger charge is 2.14. The molecule has 1 heterocycles. The fraction of sp³-hybridized carbons (Fsp3) is 0.125. The molecule has 0 fully saturated rings. The molecule has 6 nitrogen and oxygen atoms in total. The van der Waals surface area contributed by atoms with E-state index >= 15 is 0 Å². The average Bonchev–Trinajstić information content (AvgIpc) is 3.05. The Balaban J connectivity index is 1.71. The second-order valence-corrected chi connectivity index (χ2v) is 6.97. The standard InChI is InChI=1S/C16H15N3O3S/c1-23(20,21)16-17-15(18-19-16)13-7-9-14(10-8-13)22-11-12-5-3-2-4-6-12/h2-10H,11H2,1H3,(H,17,18,19). The summed E-state index contributed by atoms with van der Waals surface area (Å²) in [6, 6.07) is 17.0. The molecule has 0 saturated carbocycles. The van der Waals surface area contributed by atoms with Gasteiger partial charge in [-0.1, -0.05) is 30.3 Å². The molecule has 3 rings (SSSR count). The first-order valence-corrected chi connectivity index (χ1v) is 8.81. The van der Waals surface area contributed by atoms with Gasteiger partial charge in [-0.05, 0) is 29.8 Å². The van der Waals surface area contributed by atoms with Crippen molar-refractivity contribution in [2.75, 3.05) is 6.26 Å². The van der Waals surface area contributed by atoms with Gasteiger partial charge in [0.1, 0.15) is 12.4 Å². The predicted molar refractivity (Wildman–Crippen MR) is 85.7 cm³/mol. The lowest BCUT2D eigenvalue weighted by molar-refractivity contribution is 0.306. The molecule has 0 radical (unpaired) electrons. The van der Waals surface area contributed by atoms with Gasteiger partial charge in [0.15, 0.2) is 5.82 Å². The van der Waals surface area contributed by atoms with Gasteiger partial charge in [0.05, 0.1) is 0 Å². The number of rotatable bonds is 5. The van der Waals surface area contributed by atoms with Crippen LogP contribution >= 0.6 is 0 Å². The minimum atomic E-state index is -3.39. The van der Waals surface area contributed by atoms with Crippen molar-refractivity contribution in [1.29, 1.82) is 0 Å². The third kappa shape index (κ3) is 3.75. The summed E-state index contributed by atoms with van der Waals surface area (Å²) in [6.07, 6.45) is 1.08. The fourth-order valence-corrected chi connectivity index (χ4v) is 2.45. The summed E-state index contributed by atoms with van der Waals surface area (Å²) in [5.41, 5.74) is 1.80. The van der Waals surface area contributed by atoms with Crippen LogP contribution in [0.1, 0.15) is 5.56 Å². The Morgan fingerprint density at radius 2 is 1.74 bits per heavy atom. The third-order valence-electron chi connectivity index (χ3n) is 3.18. The van der Waals surface area contributed by atoms with Crippen molar-refractivity contribution in [2.45, 2.75) is 11.8 Å². The summed E-state index contributed by atoms with van der Waals surface area (Å²) in [5.74, 6) is 1.05. The van der Waals surface area contributed by atoms with Crippen molar-refractivity contribution in [2.24, 2.45) is 0 Å². The molecule has 7 heteroatoms. The lowest BCUT2D eigenvalue weighted by Crippen LogP contribution is -1.99. The Morgan fingerprint density at radius 3 is 2.35 bits per heavy atom. The molecule has 0 aliphatic heterocycles. The normalized spacial score (nSPS) is 11.3. The van der Waals surface area contributed by atoms with Gasteiger partial charge in [-0.25, -0.2) is 13.5 Å². The minimum absolute atomic E-state index is 0.142.